The second kappa shape index (κ2) is 65.8. The van der Waals surface area contributed by atoms with Crippen LogP contribution < -0.4 is 5.32 Å². The first-order valence-corrected chi connectivity index (χ1v) is 37.5. The first kappa shape index (κ1) is 81.9. The van der Waals surface area contributed by atoms with Crippen molar-refractivity contribution in [3.05, 3.63) is 60.8 Å². The van der Waals surface area contributed by atoms with Crippen LogP contribution in [0, 0.1) is 0 Å². The van der Waals surface area contributed by atoms with E-state index in [9.17, 15) is 30.3 Å². The van der Waals surface area contributed by atoms with Gasteiger partial charge in [-0.3, -0.25) is 4.79 Å². The lowest BCUT2D eigenvalue weighted by atomic mass is 9.99. The van der Waals surface area contributed by atoms with Gasteiger partial charge in [0.25, 0.3) is 0 Å². The van der Waals surface area contributed by atoms with Crippen molar-refractivity contribution in [2.75, 3.05) is 13.2 Å². The highest BCUT2D eigenvalue weighted by molar-refractivity contribution is 5.76. The number of rotatable bonds is 66. The Morgan fingerprint density at radius 3 is 1.05 bits per heavy atom. The molecule has 9 nitrogen and oxygen atoms in total. The summed E-state index contributed by atoms with van der Waals surface area (Å²) in [6.45, 7) is 3.80. The minimum absolute atomic E-state index is 0.185. The van der Waals surface area contributed by atoms with E-state index in [-0.39, 0.29) is 12.5 Å². The fourth-order valence-electron chi connectivity index (χ4n) is 11.9. The van der Waals surface area contributed by atoms with E-state index in [0.29, 0.717) is 6.42 Å². The average molecular weight is 1210 g/mol. The fourth-order valence-corrected chi connectivity index (χ4v) is 11.9. The second-order valence-corrected chi connectivity index (χ2v) is 26.1. The van der Waals surface area contributed by atoms with Gasteiger partial charge in [0.2, 0.25) is 5.91 Å². The molecule has 0 saturated carbocycles. The van der Waals surface area contributed by atoms with E-state index in [4.69, 9.17) is 9.47 Å². The molecule has 1 rings (SSSR count). The predicted molar refractivity (Wildman–Crippen MR) is 369 cm³/mol. The molecule has 1 heterocycles. The Morgan fingerprint density at radius 1 is 0.395 bits per heavy atom. The highest BCUT2D eigenvalue weighted by Crippen LogP contribution is 2.23. The van der Waals surface area contributed by atoms with Crippen molar-refractivity contribution in [2.45, 2.75) is 410 Å². The normalized spacial score (nSPS) is 18.3. The molecule has 0 aromatic heterocycles. The van der Waals surface area contributed by atoms with Crippen molar-refractivity contribution in [3.8, 4) is 0 Å². The van der Waals surface area contributed by atoms with Gasteiger partial charge in [0.1, 0.15) is 24.4 Å². The lowest BCUT2D eigenvalue weighted by Gasteiger charge is -2.40. The molecule has 0 aromatic carbocycles. The van der Waals surface area contributed by atoms with Crippen molar-refractivity contribution < 1.29 is 39.8 Å². The van der Waals surface area contributed by atoms with Gasteiger partial charge in [0.05, 0.1) is 25.4 Å². The summed E-state index contributed by atoms with van der Waals surface area (Å²) >= 11 is 0. The van der Waals surface area contributed by atoms with E-state index in [1.807, 2.05) is 6.08 Å². The van der Waals surface area contributed by atoms with E-state index < -0.39 is 49.5 Å². The monoisotopic (exact) mass is 1210 g/mol. The molecule has 0 aliphatic carbocycles. The van der Waals surface area contributed by atoms with Crippen LogP contribution >= 0.6 is 0 Å². The van der Waals surface area contributed by atoms with Crippen LogP contribution in [0.4, 0.5) is 0 Å². The van der Waals surface area contributed by atoms with Crippen LogP contribution in [0.2, 0.25) is 0 Å². The molecule has 1 amide bonds. The molecule has 1 fully saturated rings. The summed E-state index contributed by atoms with van der Waals surface area (Å²) in [5, 5.41) is 54.8. The van der Waals surface area contributed by atoms with Crippen LogP contribution in [0.5, 0.6) is 0 Å². The van der Waals surface area contributed by atoms with Crippen LogP contribution in [0.25, 0.3) is 0 Å². The fraction of sp³-hybridized carbons (Fsp3) is 0.857. The molecule has 0 aromatic rings. The molecule has 504 valence electrons. The number of carbonyl (C=O) groups excluding carboxylic acids is 1. The molecule has 1 aliphatic heterocycles. The minimum Gasteiger partial charge on any atom is -0.394 e. The quantitative estimate of drug-likeness (QED) is 0.0261. The van der Waals surface area contributed by atoms with Gasteiger partial charge in [-0.1, -0.05) is 344 Å². The highest BCUT2D eigenvalue weighted by Gasteiger charge is 2.44. The number of allylic oxidation sites excluding steroid dienone is 9. The summed E-state index contributed by atoms with van der Waals surface area (Å²) in [5.74, 6) is -0.185. The number of aliphatic hydroxyl groups excluding tert-OH is 5. The number of hydrogen-bond donors (Lipinski definition) is 6. The average Bonchev–Trinajstić information content (AvgIpc) is 3.65. The van der Waals surface area contributed by atoms with Crippen LogP contribution in [-0.2, 0) is 14.3 Å². The molecule has 7 atom stereocenters. The highest BCUT2D eigenvalue weighted by atomic mass is 16.7. The van der Waals surface area contributed by atoms with Crippen molar-refractivity contribution in [1.82, 2.24) is 5.32 Å². The zero-order valence-electron chi connectivity index (χ0n) is 56.6. The van der Waals surface area contributed by atoms with Crippen LogP contribution in [0.3, 0.4) is 0 Å². The number of ether oxygens (including phenoxy) is 2. The Morgan fingerprint density at radius 2 is 0.698 bits per heavy atom. The van der Waals surface area contributed by atoms with Crippen molar-refractivity contribution in [1.29, 1.82) is 0 Å². The first-order valence-electron chi connectivity index (χ1n) is 37.5. The number of unbranched alkanes of at least 4 members (excludes halogenated alkanes) is 48. The third kappa shape index (κ3) is 53.7. The number of amides is 1. The molecule has 1 saturated heterocycles. The van der Waals surface area contributed by atoms with Gasteiger partial charge < -0.3 is 40.3 Å². The van der Waals surface area contributed by atoms with E-state index >= 15 is 0 Å². The smallest absolute Gasteiger partial charge is 0.220 e. The summed E-state index contributed by atoms with van der Waals surface area (Å²) in [5.41, 5.74) is 0. The number of nitrogens with one attached hydrogen (secondary N) is 1. The molecular weight excluding hydrogens is 1070 g/mol. The lowest BCUT2D eigenvalue weighted by molar-refractivity contribution is -0.302. The minimum atomic E-state index is -1.58. The summed E-state index contributed by atoms with van der Waals surface area (Å²) in [7, 11) is 0. The van der Waals surface area contributed by atoms with Crippen LogP contribution in [0.1, 0.15) is 367 Å². The van der Waals surface area contributed by atoms with E-state index in [2.05, 4.69) is 67.8 Å². The Bertz CT molecular complexity index is 1540. The van der Waals surface area contributed by atoms with Gasteiger partial charge in [-0.15, -0.1) is 0 Å². The molecule has 86 heavy (non-hydrogen) atoms. The number of hydrogen-bond acceptors (Lipinski definition) is 8. The molecule has 6 N–H and O–H groups in total. The van der Waals surface area contributed by atoms with Gasteiger partial charge >= 0.3 is 0 Å². The van der Waals surface area contributed by atoms with E-state index in [0.717, 1.165) is 51.4 Å². The molecular formula is C77H143NO8. The number of aliphatic hydroxyl groups is 5. The van der Waals surface area contributed by atoms with E-state index in [1.165, 1.54) is 295 Å². The lowest BCUT2D eigenvalue weighted by Crippen LogP contribution is -2.60. The summed E-state index contributed by atoms with van der Waals surface area (Å²) in [4.78, 5) is 13.1. The Labute approximate surface area is 532 Å². The Balaban J connectivity index is 2.11. The van der Waals surface area contributed by atoms with Crippen LogP contribution in [-0.4, -0.2) is 87.5 Å². The van der Waals surface area contributed by atoms with Gasteiger partial charge in [0, 0.05) is 6.42 Å². The van der Waals surface area contributed by atoms with Crippen molar-refractivity contribution >= 4 is 5.91 Å². The maximum Gasteiger partial charge on any atom is 0.220 e. The molecule has 1 aliphatic rings. The summed E-state index contributed by atoms with van der Waals surface area (Å²) in [6.07, 6.45) is 85.0. The molecule has 0 radical (unpaired) electrons. The van der Waals surface area contributed by atoms with Crippen LogP contribution in [0.15, 0.2) is 60.8 Å². The van der Waals surface area contributed by atoms with Gasteiger partial charge in [-0.2, -0.15) is 0 Å². The Kier molecular flexibility index (Phi) is 62.7. The summed E-state index contributed by atoms with van der Waals surface area (Å²) in [6, 6.07) is -0.830. The zero-order chi connectivity index (χ0) is 62.1. The maximum absolute atomic E-state index is 13.1. The van der Waals surface area contributed by atoms with Gasteiger partial charge in [-0.05, 0) is 77.0 Å². The number of carbonyl (C=O) groups is 1. The topological polar surface area (TPSA) is 149 Å². The van der Waals surface area contributed by atoms with Crippen molar-refractivity contribution in [2.24, 2.45) is 0 Å². The summed E-state index contributed by atoms with van der Waals surface area (Å²) < 4.78 is 11.3. The van der Waals surface area contributed by atoms with Gasteiger partial charge in [0.15, 0.2) is 6.29 Å². The SMILES string of the molecule is CCCCCCC/C=C\C/C=C\CCCCCCCCCCCCCCCCCCCCCCCCCC(=O)NC(COC1OC(CO)C(O)C(O)C1O)C(O)/C=C/CC/C=C/CC/C=C/CCCCCCCCCCCCCCCCCCCC. The molecule has 0 bridgehead atoms. The third-order valence-corrected chi connectivity index (χ3v) is 17.8. The first-order chi connectivity index (χ1) is 42.3. The third-order valence-electron chi connectivity index (χ3n) is 17.8. The largest absolute Gasteiger partial charge is 0.394 e. The van der Waals surface area contributed by atoms with E-state index in [1.54, 1.807) is 6.08 Å². The molecule has 9 heteroatoms. The zero-order valence-corrected chi connectivity index (χ0v) is 56.6. The standard InChI is InChI=1S/C77H143NO8/c1-3-5-7-9-11-13-15-17-19-21-23-25-27-29-31-33-34-35-36-37-38-39-41-43-45-47-49-51-53-55-57-59-61-63-65-67-73(81)78-70(69-85-77-76(84)75(83)74(82)72(68-79)86-77)71(80)66-64-62-60-58-56-54-52-50-48-46-44-42-40-32-30-28-26-24-22-20-18-16-14-12-10-8-6-4-2/h15,17,21,23,48,50,56,58,64,66,70-72,74-77,79-80,82-84H,3-14,16,18-20,22,24-47,49,51-55,57,59-63,65,67-69H2,1-2H3,(H,78,81)/b17-15-,23-21-,50-48+,58-56+,66-64+. The van der Waals surface area contributed by atoms with Crippen molar-refractivity contribution in [3.63, 3.8) is 0 Å². The Hall–Kier alpha value is -2.11. The maximum atomic E-state index is 13.1. The molecule has 0 spiro atoms. The predicted octanol–water partition coefficient (Wildman–Crippen LogP) is 20.9. The van der Waals surface area contributed by atoms with Gasteiger partial charge in [-0.25, -0.2) is 0 Å². The molecule has 7 unspecified atom stereocenters. The second-order valence-electron chi connectivity index (χ2n) is 26.1.